The van der Waals surface area contributed by atoms with Crippen LogP contribution >= 0.6 is 11.3 Å². The summed E-state index contributed by atoms with van der Waals surface area (Å²) in [5.41, 5.74) is 2.47. The van der Waals surface area contributed by atoms with E-state index in [4.69, 9.17) is 0 Å². The summed E-state index contributed by atoms with van der Waals surface area (Å²) in [6.07, 6.45) is 0. The number of rotatable bonds is 4. The number of carbonyl (C=O) groups is 2. The summed E-state index contributed by atoms with van der Waals surface area (Å²) in [6.45, 7) is 1.85. The number of nitrogens with zero attached hydrogens (tertiary/aromatic N) is 1. The molecule has 6 heteroatoms. The molecule has 0 spiro atoms. The van der Waals surface area contributed by atoms with E-state index in [1.807, 2.05) is 12.3 Å². The van der Waals surface area contributed by atoms with Gasteiger partial charge >= 0.3 is 5.97 Å². The van der Waals surface area contributed by atoms with Crippen molar-refractivity contribution in [3.8, 4) is 11.1 Å². The average molecular weight is 338 g/mol. The Hall–Kier alpha value is -2.99. The van der Waals surface area contributed by atoms with Crippen LogP contribution in [0.4, 0.5) is 5.13 Å². The van der Waals surface area contributed by atoms with E-state index in [9.17, 15) is 14.7 Å². The second-order valence-corrected chi connectivity index (χ2v) is 6.00. The van der Waals surface area contributed by atoms with Crippen LogP contribution in [0.15, 0.2) is 53.9 Å². The molecule has 24 heavy (non-hydrogen) atoms. The lowest BCUT2D eigenvalue weighted by atomic mass is 9.95. The molecule has 0 atom stereocenters. The number of thiazole rings is 1. The number of benzene rings is 2. The van der Waals surface area contributed by atoms with Gasteiger partial charge in [-0.15, -0.1) is 11.3 Å². The first-order valence-corrected chi connectivity index (χ1v) is 8.09. The molecule has 0 saturated heterocycles. The minimum Gasteiger partial charge on any atom is -0.478 e. The number of aromatic carboxylic acids is 1. The van der Waals surface area contributed by atoms with Gasteiger partial charge in [-0.2, -0.15) is 0 Å². The van der Waals surface area contributed by atoms with Crippen LogP contribution in [-0.4, -0.2) is 22.0 Å². The molecule has 0 saturated carbocycles. The third-order valence-corrected chi connectivity index (χ3v) is 4.33. The standard InChI is InChI=1S/C18H14N2O3S/c1-11-10-24-18(19-11)20-16(21)14-8-4-2-6-12(14)13-7-3-5-9-15(13)17(22)23/h2-10H,1H3,(H,22,23)(H,19,20,21). The fraction of sp³-hybridized carbons (Fsp3) is 0.0556. The number of nitrogens with one attached hydrogen (secondary N) is 1. The molecule has 2 aromatic carbocycles. The fourth-order valence-electron chi connectivity index (χ4n) is 2.40. The van der Waals surface area contributed by atoms with Crippen molar-refractivity contribution in [2.45, 2.75) is 6.92 Å². The SMILES string of the molecule is Cc1csc(NC(=O)c2ccccc2-c2ccccc2C(=O)O)n1. The van der Waals surface area contributed by atoms with E-state index in [0.29, 0.717) is 21.8 Å². The van der Waals surface area contributed by atoms with Crippen LogP contribution in [-0.2, 0) is 0 Å². The van der Waals surface area contributed by atoms with Gasteiger partial charge in [0.15, 0.2) is 5.13 Å². The number of carbonyl (C=O) groups excluding carboxylic acids is 1. The number of anilines is 1. The predicted molar refractivity (Wildman–Crippen MR) is 93.6 cm³/mol. The van der Waals surface area contributed by atoms with Gasteiger partial charge in [-0.1, -0.05) is 36.4 Å². The van der Waals surface area contributed by atoms with E-state index in [0.717, 1.165) is 5.69 Å². The number of amides is 1. The van der Waals surface area contributed by atoms with Gasteiger partial charge < -0.3 is 5.11 Å². The Morgan fingerprint density at radius 2 is 1.58 bits per heavy atom. The lowest BCUT2D eigenvalue weighted by Crippen LogP contribution is -2.13. The Labute approximate surface area is 142 Å². The molecule has 1 heterocycles. The minimum atomic E-state index is -1.03. The van der Waals surface area contributed by atoms with Gasteiger partial charge in [0.05, 0.1) is 11.3 Å². The van der Waals surface area contributed by atoms with Gasteiger partial charge in [-0.05, 0) is 30.2 Å². The van der Waals surface area contributed by atoms with E-state index in [1.165, 1.54) is 17.4 Å². The smallest absolute Gasteiger partial charge is 0.336 e. The molecule has 0 fully saturated rings. The zero-order valence-corrected chi connectivity index (χ0v) is 13.6. The average Bonchev–Trinajstić information content (AvgIpc) is 2.99. The van der Waals surface area contributed by atoms with Crippen molar-refractivity contribution in [1.82, 2.24) is 4.98 Å². The summed E-state index contributed by atoms with van der Waals surface area (Å²) in [7, 11) is 0. The molecular weight excluding hydrogens is 324 g/mol. The molecule has 2 N–H and O–H groups in total. The summed E-state index contributed by atoms with van der Waals surface area (Å²) >= 11 is 1.35. The Morgan fingerprint density at radius 3 is 2.17 bits per heavy atom. The summed E-state index contributed by atoms with van der Waals surface area (Å²) in [6, 6.07) is 13.6. The Kier molecular flexibility index (Phi) is 4.39. The van der Waals surface area contributed by atoms with E-state index in [2.05, 4.69) is 10.3 Å². The van der Waals surface area contributed by atoms with E-state index in [-0.39, 0.29) is 11.5 Å². The lowest BCUT2D eigenvalue weighted by molar-refractivity contribution is 0.0697. The van der Waals surface area contributed by atoms with Gasteiger partial charge in [0.1, 0.15) is 0 Å². The van der Waals surface area contributed by atoms with Gasteiger partial charge in [0, 0.05) is 10.9 Å². The second-order valence-electron chi connectivity index (χ2n) is 5.14. The molecule has 3 rings (SSSR count). The third-order valence-electron chi connectivity index (χ3n) is 3.46. The molecule has 1 amide bonds. The molecule has 3 aromatic rings. The van der Waals surface area contributed by atoms with Gasteiger partial charge in [0.2, 0.25) is 0 Å². The lowest BCUT2D eigenvalue weighted by Gasteiger charge is -2.11. The van der Waals surface area contributed by atoms with Crippen molar-refractivity contribution >= 4 is 28.3 Å². The number of carboxylic acids is 1. The van der Waals surface area contributed by atoms with Gasteiger partial charge in [-0.25, -0.2) is 9.78 Å². The highest BCUT2D eigenvalue weighted by Gasteiger charge is 2.18. The predicted octanol–water partition coefficient (Wildman–Crippen LogP) is 4.07. The van der Waals surface area contributed by atoms with Crippen LogP contribution < -0.4 is 5.32 Å². The molecule has 0 bridgehead atoms. The summed E-state index contributed by atoms with van der Waals surface area (Å²) in [4.78, 5) is 28.3. The molecule has 0 aliphatic rings. The highest BCUT2D eigenvalue weighted by Crippen LogP contribution is 2.28. The van der Waals surface area contributed by atoms with Crippen LogP contribution in [0.3, 0.4) is 0 Å². The number of aromatic nitrogens is 1. The van der Waals surface area contributed by atoms with E-state index >= 15 is 0 Å². The van der Waals surface area contributed by atoms with Gasteiger partial charge in [-0.3, -0.25) is 10.1 Å². The third kappa shape index (κ3) is 3.18. The van der Waals surface area contributed by atoms with Crippen molar-refractivity contribution < 1.29 is 14.7 Å². The zero-order chi connectivity index (χ0) is 17.1. The summed E-state index contributed by atoms with van der Waals surface area (Å²) < 4.78 is 0. The number of hydrogen-bond donors (Lipinski definition) is 2. The number of carboxylic acid groups (broad SMARTS) is 1. The quantitative estimate of drug-likeness (QED) is 0.751. The molecule has 5 nitrogen and oxygen atoms in total. The maximum atomic E-state index is 12.6. The molecule has 1 aromatic heterocycles. The minimum absolute atomic E-state index is 0.155. The molecule has 0 aliphatic heterocycles. The normalized spacial score (nSPS) is 10.4. The highest BCUT2D eigenvalue weighted by atomic mass is 32.1. The second kappa shape index (κ2) is 6.64. The van der Waals surface area contributed by atoms with Crippen molar-refractivity contribution in [3.63, 3.8) is 0 Å². The van der Waals surface area contributed by atoms with E-state index in [1.54, 1.807) is 42.5 Å². The first-order valence-electron chi connectivity index (χ1n) is 7.21. The van der Waals surface area contributed by atoms with Crippen molar-refractivity contribution in [2.75, 3.05) is 5.32 Å². The Bertz CT molecular complexity index is 918. The molecule has 0 aliphatic carbocycles. The Morgan fingerprint density at radius 1 is 1.00 bits per heavy atom. The zero-order valence-electron chi connectivity index (χ0n) is 12.8. The molecule has 120 valence electrons. The molecular formula is C18H14N2O3S. The van der Waals surface area contributed by atoms with Crippen LogP contribution in [0.5, 0.6) is 0 Å². The van der Waals surface area contributed by atoms with Crippen molar-refractivity contribution in [1.29, 1.82) is 0 Å². The molecule has 0 unspecified atom stereocenters. The van der Waals surface area contributed by atoms with Crippen LogP contribution in [0.25, 0.3) is 11.1 Å². The summed E-state index contributed by atoms with van der Waals surface area (Å²) in [5, 5.41) is 14.5. The van der Waals surface area contributed by atoms with Crippen molar-refractivity contribution in [2.24, 2.45) is 0 Å². The van der Waals surface area contributed by atoms with Crippen LogP contribution in [0.2, 0.25) is 0 Å². The maximum absolute atomic E-state index is 12.6. The molecule has 0 radical (unpaired) electrons. The monoisotopic (exact) mass is 338 g/mol. The highest BCUT2D eigenvalue weighted by molar-refractivity contribution is 7.13. The van der Waals surface area contributed by atoms with Crippen molar-refractivity contribution in [3.05, 3.63) is 70.7 Å². The topological polar surface area (TPSA) is 79.3 Å². The first kappa shape index (κ1) is 15.9. The fourth-order valence-corrected chi connectivity index (χ4v) is 3.08. The first-order chi connectivity index (χ1) is 11.6. The number of aryl methyl sites for hydroxylation is 1. The number of hydrogen-bond acceptors (Lipinski definition) is 4. The largest absolute Gasteiger partial charge is 0.478 e. The van der Waals surface area contributed by atoms with Crippen LogP contribution in [0, 0.1) is 6.92 Å². The Balaban J connectivity index is 2.03. The summed E-state index contributed by atoms with van der Waals surface area (Å²) in [5.74, 6) is -1.35. The maximum Gasteiger partial charge on any atom is 0.336 e. The van der Waals surface area contributed by atoms with Gasteiger partial charge in [0.25, 0.3) is 5.91 Å². The van der Waals surface area contributed by atoms with Crippen LogP contribution in [0.1, 0.15) is 26.4 Å². The van der Waals surface area contributed by atoms with E-state index < -0.39 is 5.97 Å².